The molecule has 1 heterocycles. The fourth-order valence-electron chi connectivity index (χ4n) is 3.02. The van der Waals surface area contributed by atoms with Gasteiger partial charge >= 0.3 is 12.1 Å². The van der Waals surface area contributed by atoms with Crippen LogP contribution in [0.25, 0.3) is 0 Å². The van der Waals surface area contributed by atoms with Crippen LogP contribution < -0.4 is 0 Å². The Morgan fingerprint density at radius 1 is 1.24 bits per heavy atom. The zero-order valence-electron chi connectivity index (χ0n) is 15.7. The molecule has 25 heavy (non-hydrogen) atoms. The van der Waals surface area contributed by atoms with E-state index in [0.717, 1.165) is 6.54 Å². The first-order chi connectivity index (χ1) is 11.7. The molecule has 0 spiro atoms. The van der Waals surface area contributed by atoms with Gasteiger partial charge in [0, 0.05) is 19.1 Å². The van der Waals surface area contributed by atoms with Crippen LogP contribution in [0.1, 0.15) is 32.8 Å². The fourth-order valence-corrected chi connectivity index (χ4v) is 3.02. The van der Waals surface area contributed by atoms with Crippen LogP contribution in [0, 0.1) is 0 Å². The van der Waals surface area contributed by atoms with E-state index in [1.165, 1.54) is 17.6 Å². The van der Waals surface area contributed by atoms with E-state index in [0.29, 0.717) is 13.0 Å². The van der Waals surface area contributed by atoms with Crippen molar-refractivity contribution in [3.05, 3.63) is 35.9 Å². The highest BCUT2D eigenvalue weighted by atomic mass is 16.6. The van der Waals surface area contributed by atoms with Crippen molar-refractivity contribution in [3.63, 3.8) is 0 Å². The minimum absolute atomic E-state index is 0.0665. The third kappa shape index (κ3) is 5.19. The standard InChI is InChI=1S/C19H28N2O4/c1-19(2,3)25-18(23)21-13-15(11-16(21)17(22)24-5)20(4)12-14-9-7-6-8-10-14/h6-10,15-16H,11-13H2,1-5H3/t15-,16+/m1/s1. The molecule has 2 rings (SSSR count). The maximum atomic E-state index is 12.5. The van der Waals surface area contributed by atoms with Crippen LogP contribution in [0.2, 0.25) is 0 Å². The minimum atomic E-state index is -0.608. The molecule has 1 aromatic rings. The lowest BCUT2D eigenvalue weighted by atomic mass is 10.1. The van der Waals surface area contributed by atoms with E-state index in [1.807, 2.05) is 46.0 Å². The van der Waals surface area contributed by atoms with Crippen LogP contribution in [0.15, 0.2) is 30.3 Å². The molecule has 6 nitrogen and oxygen atoms in total. The topological polar surface area (TPSA) is 59.1 Å². The lowest BCUT2D eigenvalue weighted by Gasteiger charge is -2.28. The van der Waals surface area contributed by atoms with Gasteiger partial charge in [0.25, 0.3) is 0 Å². The van der Waals surface area contributed by atoms with Gasteiger partial charge < -0.3 is 9.47 Å². The summed E-state index contributed by atoms with van der Waals surface area (Å²) in [4.78, 5) is 28.3. The summed E-state index contributed by atoms with van der Waals surface area (Å²) in [5, 5.41) is 0. The van der Waals surface area contributed by atoms with Gasteiger partial charge in [0.05, 0.1) is 7.11 Å². The molecule has 1 fully saturated rings. The average molecular weight is 348 g/mol. The van der Waals surface area contributed by atoms with Crippen molar-refractivity contribution >= 4 is 12.1 Å². The van der Waals surface area contributed by atoms with Crippen molar-refractivity contribution < 1.29 is 19.1 Å². The second kappa shape index (κ2) is 7.87. The van der Waals surface area contributed by atoms with Crippen LogP contribution in [0.5, 0.6) is 0 Å². The zero-order valence-corrected chi connectivity index (χ0v) is 15.7. The van der Waals surface area contributed by atoms with Gasteiger partial charge in [-0.15, -0.1) is 0 Å². The van der Waals surface area contributed by atoms with Crippen molar-refractivity contribution in [1.82, 2.24) is 9.80 Å². The Morgan fingerprint density at radius 3 is 2.44 bits per heavy atom. The monoisotopic (exact) mass is 348 g/mol. The molecule has 138 valence electrons. The summed E-state index contributed by atoms with van der Waals surface area (Å²) in [6, 6.07) is 9.57. The normalized spacial score (nSPS) is 20.6. The molecular weight excluding hydrogens is 320 g/mol. The number of hydrogen-bond acceptors (Lipinski definition) is 5. The number of ether oxygens (including phenoxy) is 2. The number of likely N-dealkylation sites (N-methyl/N-ethyl adjacent to an activating group) is 1. The molecule has 0 unspecified atom stereocenters. The Hall–Kier alpha value is -2.08. The number of esters is 1. The summed E-state index contributed by atoms with van der Waals surface area (Å²) in [6.07, 6.45) is 0.0634. The SMILES string of the molecule is COC(=O)[C@@H]1C[C@@H](N(C)Cc2ccccc2)CN1C(=O)OC(C)(C)C. The molecule has 1 saturated heterocycles. The lowest BCUT2D eigenvalue weighted by molar-refractivity contribution is -0.145. The highest BCUT2D eigenvalue weighted by Gasteiger charge is 2.43. The van der Waals surface area contributed by atoms with Crippen molar-refractivity contribution in [1.29, 1.82) is 0 Å². The second-order valence-electron chi connectivity index (χ2n) is 7.46. The van der Waals surface area contributed by atoms with Gasteiger partial charge in [-0.1, -0.05) is 30.3 Å². The number of methoxy groups -OCH3 is 1. The largest absolute Gasteiger partial charge is 0.467 e. The van der Waals surface area contributed by atoms with E-state index in [-0.39, 0.29) is 6.04 Å². The number of benzene rings is 1. The number of likely N-dealkylation sites (tertiary alicyclic amines) is 1. The number of hydrogen-bond donors (Lipinski definition) is 0. The number of amides is 1. The Balaban J connectivity index is 2.09. The number of carbonyl (C=O) groups excluding carboxylic acids is 2. The van der Waals surface area contributed by atoms with Crippen LogP contribution in [0.4, 0.5) is 4.79 Å². The van der Waals surface area contributed by atoms with E-state index < -0.39 is 23.7 Å². The summed E-state index contributed by atoms with van der Waals surface area (Å²) in [5.41, 5.74) is 0.585. The first-order valence-electron chi connectivity index (χ1n) is 8.53. The first-order valence-corrected chi connectivity index (χ1v) is 8.53. The van der Waals surface area contributed by atoms with E-state index in [2.05, 4.69) is 17.0 Å². The van der Waals surface area contributed by atoms with Gasteiger partial charge in [0.2, 0.25) is 0 Å². The molecular formula is C19H28N2O4. The molecule has 1 aliphatic heterocycles. The van der Waals surface area contributed by atoms with Gasteiger partial charge in [-0.25, -0.2) is 9.59 Å². The molecule has 2 atom stereocenters. The first kappa shape index (κ1) is 19.2. The molecule has 1 aliphatic rings. The van der Waals surface area contributed by atoms with Gasteiger partial charge in [-0.05, 0) is 39.8 Å². The van der Waals surface area contributed by atoms with E-state index >= 15 is 0 Å². The predicted octanol–water partition coefficient (Wildman–Crippen LogP) is 2.67. The summed E-state index contributed by atoms with van der Waals surface area (Å²) < 4.78 is 10.3. The van der Waals surface area contributed by atoms with Gasteiger partial charge in [0.15, 0.2) is 0 Å². The van der Waals surface area contributed by atoms with E-state index in [1.54, 1.807) is 0 Å². The van der Waals surface area contributed by atoms with Crippen LogP contribution in [-0.2, 0) is 20.8 Å². The van der Waals surface area contributed by atoms with Crippen LogP contribution in [-0.4, -0.2) is 60.2 Å². The number of carbonyl (C=O) groups is 2. The molecule has 0 bridgehead atoms. The van der Waals surface area contributed by atoms with Crippen LogP contribution in [0.3, 0.4) is 0 Å². The van der Waals surface area contributed by atoms with Crippen molar-refractivity contribution in [2.24, 2.45) is 0 Å². The smallest absolute Gasteiger partial charge is 0.411 e. The summed E-state index contributed by atoms with van der Waals surface area (Å²) in [7, 11) is 3.35. The van der Waals surface area contributed by atoms with Gasteiger partial charge in [0.1, 0.15) is 11.6 Å². The molecule has 0 saturated carbocycles. The van der Waals surface area contributed by atoms with Gasteiger partial charge in [-0.3, -0.25) is 9.80 Å². The van der Waals surface area contributed by atoms with Crippen molar-refractivity contribution in [3.8, 4) is 0 Å². The second-order valence-corrected chi connectivity index (χ2v) is 7.46. The minimum Gasteiger partial charge on any atom is -0.467 e. The summed E-state index contributed by atoms with van der Waals surface area (Å²) in [5.74, 6) is -0.401. The molecule has 0 radical (unpaired) electrons. The highest BCUT2D eigenvalue weighted by molar-refractivity contribution is 5.82. The third-order valence-corrected chi connectivity index (χ3v) is 4.28. The van der Waals surface area contributed by atoms with Crippen molar-refractivity contribution in [2.75, 3.05) is 20.7 Å². The van der Waals surface area contributed by atoms with E-state index in [4.69, 9.17) is 9.47 Å². The van der Waals surface area contributed by atoms with Crippen molar-refractivity contribution in [2.45, 2.75) is 51.4 Å². The Bertz CT molecular complexity index is 597. The Labute approximate surface area is 149 Å². The molecule has 6 heteroatoms. The molecule has 1 aromatic carbocycles. The maximum absolute atomic E-state index is 12.5. The molecule has 0 aliphatic carbocycles. The molecule has 0 N–H and O–H groups in total. The highest BCUT2D eigenvalue weighted by Crippen LogP contribution is 2.25. The summed E-state index contributed by atoms with van der Waals surface area (Å²) in [6.45, 7) is 6.63. The Morgan fingerprint density at radius 2 is 1.88 bits per heavy atom. The van der Waals surface area contributed by atoms with Crippen LogP contribution >= 0.6 is 0 Å². The summed E-state index contributed by atoms with van der Waals surface area (Å²) >= 11 is 0. The van der Waals surface area contributed by atoms with Gasteiger partial charge in [-0.2, -0.15) is 0 Å². The lowest BCUT2D eigenvalue weighted by Crippen LogP contribution is -2.44. The predicted molar refractivity (Wildman–Crippen MR) is 95.1 cm³/mol. The van der Waals surface area contributed by atoms with E-state index in [9.17, 15) is 9.59 Å². The number of rotatable bonds is 4. The quantitative estimate of drug-likeness (QED) is 0.783. The zero-order chi connectivity index (χ0) is 18.6. The molecule has 1 amide bonds. The fraction of sp³-hybridized carbons (Fsp3) is 0.579. The Kier molecular flexibility index (Phi) is 6.06. The third-order valence-electron chi connectivity index (χ3n) is 4.28. The average Bonchev–Trinajstić information content (AvgIpc) is 2.99. The maximum Gasteiger partial charge on any atom is 0.411 e. The number of nitrogens with zero attached hydrogens (tertiary/aromatic N) is 2. The molecule has 0 aromatic heterocycles.